The summed E-state index contributed by atoms with van der Waals surface area (Å²) < 4.78 is 32.7. The average Bonchev–Trinajstić information content (AvgIpc) is 3.06. The second kappa shape index (κ2) is 23.6. The number of hydrogen-bond acceptors (Lipinski definition) is 13. The molecule has 0 aliphatic carbocycles. The van der Waals surface area contributed by atoms with Crippen molar-refractivity contribution < 1.29 is 52.7 Å². The monoisotopic (exact) mass is 728 g/mol. The zero-order valence-corrected chi connectivity index (χ0v) is 31.5. The third-order valence-corrected chi connectivity index (χ3v) is 8.59. The Hall–Kier alpha value is -3.89. The molecule has 2 amide bonds. The summed E-state index contributed by atoms with van der Waals surface area (Å²) in [5.74, 6) is -0.188. The van der Waals surface area contributed by atoms with Crippen molar-refractivity contribution in [3.8, 4) is 11.5 Å². The van der Waals surface area contributed by atoms with Gasteiger partial charge in [0.05, 0.1) is 32.3 Å². The molecule has 16 nitrogen and oxygen atoms in total. The Labute approximate surface area is 301 Å². The van der Waals surface area contributed by atoms with Crippen LogP contribution in [0, 0.1) is 39.2 Å². The number of primary amides is 1. The molecule has 0 aromatic heterocycles. The van der Waals surface area contributed by atoms with Crippen molar-refractivity contribution in [2.24, 2.45) is 40.6 Å². The number of carbonyl (C=O) groups excluding carboxylic acids is 3. The molecular weight excluding hydrogens is 668 g/mol. The maximum absolute atomic E-state index is 13.4. The van der Waals surface area contributed by atoms with Gasteiger partial charge < -0.3 is 50.0 Å². The summed E-state index contributed by atoms with van der Waals surface area (Å²) in [6, 6.07) is 5.12. The first kappa shape index (κ1) is 45.1. The molecular formula is C35H60N4O12. The minimum atomic E-state index is -0.995. The smallest absolute Gasteiger partial charge is 0.493 e. The molecule has 5 N–H and O–H groups in total. The molecule has 4 unspecified atom stereocenters. The SMILES string of the molecule is COCCCOc1cc(CC(CC(N)C(CC(C(=O)NCC(C)(C)C(N)=O)C(C)C)OC(=O)OCCOCCO[N+](=O)[O-])C(C)C)ccc1OC. The van der Waals surface area contributed by atoms with E-state index in [0.717, 1.165) is 12.0 Å². The normalized spacial score (nSPS) is 13.9. The van der Waals surface area contributed by atoms with Gasteiger partial charge in [0.2, 0.25) is 11.8 Å². The second-order valence-electron chi connectivity index (χ2n) is 13.8. The lowest BCUT2D eigenvalue weighted by atomic mass is 9.80. The van der Waals surface area contributed by atoms with Crippen molar-refractivity contribution in [3.63, 3.8) is 0 Å². The predicted octanol–water partition coefficient (Wildman–Crippen LogP) is 3.68. The molecule has 0 spiro atoms. The number of amides is 2. The lowest BCUT2D eigenvalue weighted by molar-refractivity contribution is -0.758. The van der Waals surface area contributed by atoms with E-state index in [0.29, 0.717) is 37.6 Å². The lowest BCUT2D eigenvalue weighted by Gasteiger charge is -2.32. The van der Waals surface area contributed by atoms with Crippen LogP contribution < -0.4 is 26.3 Å². The fourth-order valence-corrected chi connectivity index (χ4v) is 5.12. The topological polar surface area (TPSA) is 223 Å². The molecule has 4 atom stereocenters. The highest BCUT2D eigenvalue weighted by atomic mass is 17.0. The minimum Gasteiger partial charge on any atom is -0.493 e. The van der Waals surface area contributed by atoms with Crippen molar-refractivity contribution in [3.05, 3.63) is 33.9 Å². The number of benzene rings is 1. The van der Waals surface area contributed by atoms with E-state index in [1.54, 1.807) is 28.1 Å². The summed E-state index contributed by atoms with van der Waals surface area (Å²) in [6.45, 7) is 11.7. The largest absolute Gasteiger partial charge is 0.508 e. The zero-order valence-electron chi connectivity index (χ0n) is 31.5. The summed E-state index contributed by atoms with van der Waals surface area (Å²) in [5, 5.41) is 12.2. The molecule has 0 aliphatic rings. The number of methoxy groups -OCH3 is 2. The first-order valence-electron chi connectivity index (χ1n) is 17.3. The quantitative estimate of drug-likeness (QED) is 0.0510. The van der Waals surface area contributed by atoms with E-state index in [9.17, 15) is 24.5 Å². The predicted molar refractivity (Wildman–Crippen MR) is 189 cm³/mol. The van der Waals surface area contributed by atoms with Gasteiger partial charge in [0, 0.05) is 38.6 Å². The Morgan fingerprint density at radius 3 is 2.22 bits per heavy atom. The maximum atomic E-state index is 13.4. The molecule has 0 saturated carbocycles. The van der Waals surface area contributed by atoms with Crippen LogP contribution in [0.5, 0.6) is 11.5 Å². The Balaban J connectivity index is 3.16. The first-order valence-corrected chi connectivity index (χ1v) is 17.3. The van der Waals surface area contributed by atoms with Gasteiger partial charge in [0.15, 0.2) is 11.5 Å². The van der Waals surface area contributed by atoms with Gasteiger partial charge >= 0.3 is 6.16 Å². The number of carbonyl (C=O) groups is 3. The lowest BCUT2D eigenvalue weighted by Crippen LogP contribution is -2.47. The van der Waals surface area contributed by atoms with Crippen LogP contribution in [0.25, 0.3) is 0 Å². The van der Waals surface area contributed by atoms with Crippen LogP contribution in [0.4, 0.5) is 4.79 Å². The van der Waals surface area contributed by atoms with E-state index in [1.807, 2.05) is 32.0 Å². The van der Waals surface area contributed by atoms with E-state index in [1.165, 1.54) is 0 Å². The first-order chi connectivity index (χ1) is 24.0. The molecule has 0 radical (unpaired) electrons. The molecule has 0 saturated heterocycles. The van der Waals surface area contributed by atoms with Gasteiger partial charge in [-0.1, -0.05) is 33.8 Å². The van der Waals surface area contributed by atoms with E-state index in [-0.39, 0.29) is 63.1 Å². The molecule has 1 rings (SSSR count). The van der Waals surface area contributed by atoms with Crippen molar-refractivity contribution >= 4 is 18.0 Å². The zero-order chi connectivity index (χ0) is 38.6. The number of nitrogens with zero attached hydrogens (tertiary/aromatic N) is 1. The van der Waals surface area contributed by atoms with Gasteiger partial charge in [-0.2, -0.15) is 0 Å². The Morgan fingerprint density at radius 2 is 1.63 bits per heavy atom. The molecule has 1 aromatic rings. The fourth-order valence-electron chi connectivity index (χ4n) is 5.12. The number of nitrogens with two attached hydrogens (primary N) is 2. The highest BCUT2D eigenvalue weighted by molar-refractivity contribution is 5.83. The highest BCUT2D eigenvalue weighted by Crippen LogP contribution is 2.32. The fraction of sp³-hybridized carbons (Fsp3) is 0.743. The number of ether oxygens (including phenoxy) is 6. The van der Waals surface area contributed by atoms with Crippen molar-refractivity contribution in [1.82, 2.24) is 5.32 Å². The molecule has 51 heavy (non-hydrogen) atoms. The molecule has 0 heterocycles. The summed E-state index contributed by atoms with van der Waals surface area (Å²) >= 11 is 0. The summed E-state index contributed by atoms with van der Waals surface area (Å²) in [4.78, 5) is 52.6. The van der Waals surface area contributed by atoms with Crippen molar-refractivity contribution in [1.29, 1.82) is 0 Å². The molecule has 292 valence electrons. The van der Waals surface area contributed by atoms with Crippen LogP contribution in [0.15, 0.2) is 18.2 Å². The average molecular weight is 729 g/mol. The van der Waals surface area contributed by atoms with Crippen LogP contribution in [0.2, 0.25) is 0 Å². The van der Waals surface area contributed by atoms with E-state index < -0.39 is 40.6 Å². The van der Waals surface area contributed by atoms with Crippen molar-refractivity contribution in [2.75, 3.05) is 60.4 Å². The van der Waals surface area contributed by atoms with Crippen LogP contribution in [-0.4, -0.2) is 95.6 Å². The second-order valence-corrected chi connectivity index (χ2v) is 13.8. The Bertz CT molecular complexity index is 1210. The van der Waals surface area contributed by atoms with Gasteiger partial charge in [0.1, 0.15) is 19.3 Å². The minimum absolute atomic E-state index is 0.0338. The summed E-state index contributed by atoms with van der Waals surface area (Å²) in [5.41, 5.74) is 12.4. The molecule has 0 aliphatic heterocycles. The van der Waals surface area contributed by atoms with Crippen LogP contribution in [0.3, 0.4) is 0 Å². The van der Waals surface area contributed by atoms with Gasteiger partial charge in [-0.05, 0) is 68.6 Å². The van der Waals surface area contributed by atoms with Crippen LogP contribution in [-0.2, 0) is 39.8 Å². The van der Waals surface area contributed by atoms with Gasteiger partial charge in [-0.15, -0.1) is 10.1 Å². The molecule has 0 bridgehead atoms. The molecule has 1 aromatic carbocycles. The Kier molecular flexibility index (Phi) is 20.8. The van der Waals surface area contributed by atoms with Crippen LogP contribution in [0.1, 0.15) is 66.4 Å². The van der Waals surface area contributed by atoms with E-state index >= 15 is 0 Å². The number of rotatable bonds is 27. The van der Waals surface area contributed by atoms with Gasteiger partial charge in [0.25, 0.3) is 5.09 Å². The van der Waals surface area contributed by atoms with E-state index in [4.69, 9.17) is 39.9 Å². The highest BCUT2D eigenvalue weighted by Gasteiger charge is 2.35. The van der Waals surface area contributed by atoms with Crippen LogP contribution >= 0.6 is 0 Å². The van der Waals surface area contributed by atoms with Gasteiger partial charge in [-0.3, -0.25) is 9.59 Å². The molecule has 0 fully saturated rings. The maximum Gasteiger partial charge on any atom is 0.508 e. The van der Waals surface area contributed by atoms with Crippen molar-refractivity contribution in [2.45, 2.75) is 79.4 Å². The molecule has 16 heteroatoms. The summed E-state index contributed by atoms with van der Waals surface area (Å²) in [6.07, 6.45) is 0.0109. The Morgan fingerprint density at radius 1 is 0.941 bits per heavy atom. The number of hydrogen-bond donors (Lipinski definition) is 3. The van der Waals surface area contributed by atoms with Gasteiger partial charge in [-0.25, -0.2) is 4.79 Å². The van der Waals surface area contributed by atoms with E-state index in [2.05, 4.69) is 24.0 Å². The third kappa shape index (κ3) is 17.7. The standard InChI is InChI=1S/C35H60N4O12/c1-23(2)26(18-25-10-11-29(46-8)31(19-25)48-13-9-12-45-7)20-28(36)30(51-34(42)49-16-14-47-15-17-50-39(43)44)21-27(24(3)4)32(40)38-22-35(5,6)33(37)41/h10-11,19,23-24,26-28,30H,9,12-18,20-22,36H2,1-8H3,(H2,37,41)(H,38,40). The third-order valence-electron chi connectivity index (χ3n) is 8.59. The number of nitrogens with one attached hydrogen (secondary N) is 1. The summed E-state index contributed by atoms with van der Waals surface area (Å²) in [7, 11) is 3.23.